The van der Waals surface area contributed by atoms with Crippen LogP contribution in [0.2, 0.25) is 0 Å². The second-order valence-electron chi connectivity index (χ2n) is 13.0. The molecule has 1 saturated heterocycles. The number of hydrogen-bond donors (Lipinski definition) is 1. The van der Waals surface area contributed by atoms with E-state index in [2.05, 4.69) is 24.8 Å². The first-order valence-corrected chi connectivity index (χ1v) is 14.8. The number of furan rings is 1. The fourth-order valence-electron chi connectivity index (χ4n) is 9.38. The van der Waals surface area contributed by atoms with Gasteiger partial charge in [-0.25, -0.2) is 0 Å². The molecule has 0 bridgehead atoms. The maximum absolute atomic E-state index is 11.9. The van der Waals surface area contributed by atoms with Gasteiger partial charge in [-0.2, -0.15) is 0 Å². The van der Waals surface area contributed by atoms with Crippen LogP contribution in [0.3, 0.4) is 0 Å². The van der Waals surface area contributed by atoms with E-state index in [1.54, 1.807) is 18.1 Å². The van der Waals surface area contributed by atoms with Gasteiger partial charge in [0.1, 0.15) is 0 Å². The number of aliphatic hydroxyl groups is 1. The van der Waals surface area contributed by atoms with Crippen LogP contribution in [0.15, 0.2) is 34.7 Å². The molecule has 1 aliphatic heterocycles. The summed E-state index contributed by atoms with van der Waals surface area (Å²) < 4.78 is 17.5. The average molecular weight is 498 g/mol. The maximum Gasteiger partial charge on any atom is 0.0983 e. The minimum absolute atomic E-state index is 0.0509. The fourth-order valence-corrected chi connectivity index (χ4v) is 9.38. The minimum Gasteiger partial charge on any atom is -0.472 e. The number of ether oxygens (including phenoxy) is 2. The van der Waals surface area contributed by atoms with Crippen LogP contribution in [-0.4, -0.2) is 55.6 Å². The van der Waals surface area contributed by atoms with Gasteiger partial charge in [0, 0.05) is 17.5 Å². The Morgan fingerprint density at radius 1 is 1.00 bits per heavy atom. The molecule has 0 spiro atoms. The van der Waals surface area contributed by atoms with Gasteiger partial charge in [0.25, 0.3) is 0 Å². The Balaban J connectivity index is 1.06. The number of likely N-dealkylation sites (tertiary alicyclic amines) is 1. The molecular formula is C31H47NO4. The SMILES string of the molecule is C[C@]12CC[C@H](OCCOCCN3CCCC3)C=C1CC[C@@H]1[C@@H]2CC[C@@]2(C)[C@H]1CC[C@@]2(O)c1ccoc1. The number of rotatable bonds is 8. The van der Waals surface area contributed by atoms with Crippen LogP contribution in [-0.2, 0) is 15.1 Å². The van der Waals surface area contributed by atoms with Crippen LogP contribution in [0.1, 0.15) is 83.6 Å². The van der Waals surface area contributed by atoms with Gasteiger partial charge in [-0.05, 0) is 107 Å². The molecule has 200 valence electrons. The number of fused-ring (bicyclic) bond motifs is 5. The third-order valence-corrected chi connectivity index (χ3v) is 11.5. The molecule has 3 saturated carbocycles. The molecule has 7 atom stereocenters. The van der Waals surface area contributed by atoms with Crippen molar-refractivity contribution in [1.82, 2.24) is 4.90 Å². The zero-order valence-corrected chi connectivity index (χ0v) is 22.6. The van der Waals surface area contributed by atoms with Crippen molar-refractivity contribution in [3.63, 3.8) is 0 Å². The molecule has 4 aliphatic carbocycles. The molecule has 0 amide bonds. The lowest BCUT2D eigenvalue weighted by atomic mass is 9.46. The first-order valence-electron chi connectivity index (χ1n) is 14.8. The summed E-state index contributed by atoms with van der Waals surface area (Å²) in [6.07, 6.45) is 18.1. The predicted octanol–water partition coefficient (Wildman–Crippen LogP) is 5.93. The molecule has 0 aromatic carbocycles. The van der Waals surface area contributed by atoms with Gasteiger partial charge >= 0.3 is 0 Å². The van der Waals surface area contributed by atoms with Gasteiger partial charge in [0.2, 0.25) is 0 Å². The van der Waals surface area contributed by atoms with Crippen molar-refractivity contribution in [2.75, 3.05) is 39.5 Å². The Bertz CT molecular complexity index is 923. The van der Waals surface area contributed by atoms with E-state index in [0.717, 1.165) is 50.3 Å². The summed E-state index contributed by atoms with van der Waals surface area (Å²) in [6.45, 7) is 10.7. The zero-order valence-electron chi connectivity index (χ0n) is 22.6. The summed E-state index contributed by atoms with van der Waals surface area (Å²) >= 11 is 0. The quantitative estimate of drug-likeness (QED) is 0.356. The molecule has 1 N–H and O–H groups in total. The molecular weight excluding hydrogens is 450 g/mol. The van der Waals surface area contributed by atoms with Gasteiger partial charge in [-0.1, -0.05) is 25.5 Å². The molecule has 1 aromatic rings. The van der Waals surface area contributed by atoms with Crippen molar-refractivity contribution in [2.45, 2.75) is 89.8 Å². The van der Waals surface area contributed by atoms with Crippen molar-refractivity contribution in [1.29, 1.82) is 0 Å². The van der Waals surface area contributed by atoms with Gasteiger partial charge < -0.3 is 23.9 Å². The van der Waals surface area contributed by atoms with E-state index in [1.165, 1.54) is 51.6 Å². The third kappa shape index (κ3) is 4.13. The normalized spacial score (nSPS) is 42.6. The zero-order chi connectivity index (χ0) is 24.8. The summed E-state index contributed by atoms with van der Waals surface area (Å²) in [5.74, 6) is 2.05. The molecule has 5 aliphatic rings. The largest absolute Gasteiger partial charge is 0.472 e. The smallest absolute Gasteiger partial charge is 0.0983 e. The Morgan fingerprint density at radius 2 is 1.83 bits per heavy atom. The van der Waals surface area contributed by atoms with E-state index >= 15 is 0 Å². The van der Waals surface area contributed by atoms with Gasteiger partial charge in [-0.3, -0.25) is 0 Å². The lowest BCUT2D eigenvalue weighted by Gasteiger charge is -2.59. The highest BCUT2D eigenvalue weighted by Gasteiger charge is 2.64. The lowest BCUT2D eigenvalue weighted by Crippen LogP contribution is -2.53. The Morgan fingerprint density at radius 3 is 2.64 bits per heavy atom. The number of hydrogen-bond acceptors (Lipinski definition) is 5. The van der Waals surface area contributed by atoms with E-state index in [4.69, 9.17) is 13.9 Å². The van der Waals surface area contributed by atoms with Crippen molar-refractivity contribution in [3.05, 3.63) is 35.8 Å². The van der Waals surface area contributed by atoms with E-state index in [9.17, 15) is 5.11 Å². The molecule has 5 nitrogen and oxygen atoms in total. The summed E-state index contributed by atoms with van der Waals surface area (Å²) in [5, 5.41) is 11.9. The number of allylic oxidation sites excluding steroid dienone is 1. The summed E-state index contributed by atoms with van der Waals surface area (Å²) in [4.78, 5) is 2.50. The predicted molar refractivity (Wildman–Crippen MR) is 141 cm³/mol. The average Bonchev–Trinajstić information content (AvgIpc) is 3.64. The summed E-state index contributed by atoms with van der Waals surface area (Å²) in [5.41, 5.74) is 2.15. The molecule has 0 radical (unpaired) electrons. The van der Waals surface area contributed by atoms with Gasteiger partial charge in [-0.15, -0.1) is 0 Å². The fraction of sp³-hybridized carbons (Fsp3) is 0.806. The van der Waals surface area contributed by atoms with E-state index in [-0.39, 0.29) is 11.5 Å². The third-order valence-electron chi connectivity index (χ3n) is 11.5. The molecule has 6 rings (SSSR count). The maximum atomic E-state index is 11.9. The van der Waals surface area contributed by atoms with E-state index < -0.39 is 5.60 Å². The van der Waals surface area contributed by atoms with Crippen LogP contribution in [0.25, 0.3) is 0 Å². The second kappa shape index (κ2) is 9.87. The highest BCUT2D eigenvalue weighted by Crippen LogP contribution is 2.69. The van der Waals surface area contributed by atoms with Crippen molar-refractivity contribution in [2.24, 2.45) is 28.6 Å². The Labute approximate surface area is 217 Å². The van der Waals surface area contributed by atoms with E-state index in [1.807, 2.05) is 6.07 Å². The number of nitrogens with zero attached hydrogens (tertiary/aromatic N) is 1. The first kappa shape index (κ1) is 25.2. The monoisotopic (exact) mass is 497 g/mol. The first-order chi connectivity index (χ1) is 17.4. The molecule has 2 heterocycles. The standard InChI is InChI=1S/C31H47NO4/c1-29-11-7-25(36-20-19-34-18-16-32-14-3-4-15-32)21-23(29)5-6-26-27(29)8-12-30(2)28(26)9-13-31(30,33)24-10-17-35-22-24/h10,17,21-22,25-28,33H,3-9,11-16,18-20H2,1-2H3/t25-,26+,27-,28-,29-,30-,31+/m0/s1. The van der Waals surface area contributed by atoms with Crippen molar-refractivity contribution in [3.8, 4) is 0 Å². The van der Waals surface area contributed by atoms with Crippen LogP contribution in [0.5, 0.6) is 0 Å². The van der Waals surface area contributed by atoms with Crippen LogP contribution in [0, 0.1) is 28.6 Å². The highest BCUT2D eigenvalue weighted by molar-refractivity contribution is 5.29. The van der Waals surface area contributed by atoms with Gasteiger partial charge in [0.05, 0.1) is 44.1 Å². The van der Waals surface area contributed by atoms with Crippen molar-refractivity contribution < 1.29 is 19.0 Å². The Kier molecular flexibility index (Phi) is 6.90. The molecule has 1 aromatic heterocycles. The second-order valence-corrected chi connectivity index (χ2v) is 13.0. The van der Waals surface area contributed by atoms with E-state index in [0.29, 0.717) is 30.5 Å². The van der Waals surface area contributed by atoms with Crippen LogP contribution in [0.4, 0.5) is 0 Å². The topological polar surface area (TPSA) is 55.1 Å². The minimum atomic E-state index is -0.741. The Hall–Kier alpha value is -1.14. The van der Waals surface area contributed by atoms with Crippen LogP contribution < -0.4 is 0 Å². The van der Waals surface area contributed by atoms with Gasteiger partial charge in [0.15, 0.2) is 0 Å². The summed E-state index contributed by atoms with van der Waals surface area (Å²) in [6, 6.07) is 1.99. The summed E-state index contributed by atoms with van der Waals surface area (Å²) in [7, 11) is 0. The molecule has 0 unspecified atom stereocenters. The lowest BCUT2D eigenvalue weighted by molar-refractivity contribution is -0.133. The van der Waals surface area contributed by atoms with Crippen LogP contribution >= 0.6 is 0 Å². The molecule has 4 fully saturated rings. The highest BCUT2D eigenvalue weighted by atomic mass is 16.5. The molecule has 36 heavy (non-hydrogen) atoms. The van der Waals surface area contributed by atoms with Crippen molar-refractivity contribution >= 4 is 0 Å². The molecule has 5 heteroatoms.